The van der Waals surface area contributed by atoms with Gasteiger partial charge in [0.1, 0.15) is 0 Å². The van der Waals surface area contributed by atoms with Crippen LogP contribution in [0.2, 0.25) is 0 Å². The molecule has 2 N–H and O–H groups in total. The first kappa shape index (κ1) is 20.9. The molecule has 3 aromatic rings. The number of anilines is 3. The highest BCUT2D eigenvalue weighted by Gasteiger charge is 2.58. The van der Waals surface area contributed by atoms with Crippen molar-refractivity contribution in [2.75, 3.05) is 16.8 Å². The maximum Gasteiger partial charge on any atom is 0.425 e. The fraction of sp³-hybridized carbons (Fsp3) is 0.273. The van der Waals surface area contributed by atoms with Crippen LogP contribution in [0.4, 0.5) is 30.2 Å². The minimum Gasteiger partial charge on any atom is -0.374 e. The Morgan fingerprint density at radius 2 is 1.87 bits per heavy atom. The molecule has 0 spiro atoms. The summed E-state index contributed by atoms with van der Waals surface area (Å²) in [6.45, 7) is 0.827. The summed E-state index contributed by atoms with van der Waals surface area (Å²) >= 11 is 0. The summed E-state index contributed by atoms with van der Waals surface area (Å²) < 4.78 is 41.9. The number of hydrogen-bond acceptors (Lipinski definition) is 4. The number of carbonyl (C=O) groups excluding carboxylic acids is 1. The van der Waals surface area contributed by atoms with E-state index in [2.05, 4.69) is 21.3 Å². The summed E-state index contributed by atoms with van der Waals surface area (Å²) in [7, 11) is 1.33. The van der Waals surface area contributed by atoms with Gasteiger partial charge in [-0.1, -0.05) is 18.2 Å². The minimum absolute atomic E-state index is 0.339. The number of aryl methyl sites for hydroxylation is 1. The first-order valence-corrected chi connectivity index (χ1v) is 9.71. The molecule has 0 bridgehead atoms. The molecule has 1 unspecified atom stereocenters. The lowest BCUT2D eigenvalue weighted by atomic mass is 9.97. The van der Waals surface area contributed by atoms with Gasteiger partial charge in [0.15, 0.2) is 5.82 Å². The van der Waals surface area contributed by atoms with Gasteiger partial charge in [-0.15, -0.1) is 0 Å². The van der Waals surface area contributed by atoms with Crippen LogP contribution in [-0.4, -0.2) is 33.3 Å². The van der Waals surface area contributed by atoms with Crippen molar-refractivity contribution in [3.05, 3.63) is 72.3 Å². The molecular formula is C22H21F3N4O2. The Morgan fingerprint density at radius 1 is 1.16 bits per heavy atom. The molecule has 31 heavy (non-hydrogen) atoms. The molecule has 1 amide bonds. The van der Waals surface area contributed by atoms with E-state index in [1.54, 1.807) is 24.3 Å². The highest BCUT2D eigenvalue weighted by Crippen LogP contribution is 2.41. The van der Waals surface area contributed by atoms with E-state index in [9.17, 15) is 23.1 Å². The first-order valence-electron chi connectivity index (χ1n) is 9.71. The molecule has 1 atom stereocenters. The number of fused-ring (bicyclic) bond motifs is 1. The Morgan fingerprint density at radius 3 is 2.52 bits per heavy atom. The van der Waals surface area contributed by atoms with Crippen LogP contribution in [0.25, 0.3) is 0 Å². The van der Waals surface area contributed by atoms with Crippen molar-refractivity contribution in [3.8, 4) is 0 Å². The third kappa shape index (κ3) is 3.88. The molecule has 2 heterocycles. The smallest absolute Gasteiger partial charge is 0.374 e. The molecule has 0 saturated carbocycles. The Hall–Kier alpha value is -3.33. The maximum absolute atomic E-state index is 13.6. The second kappa shape index (κ2) is 7.73. The number of halogens is 3. The van der Waals surface area contributed by atoms with Crippen molar-refractivity contribution in [2.45, 2.75) is 24.6 Å². The molecule has 6 nitrogen and oxygen atoms in total. The molecule has 2 aromatic carbocycles. The molecule has 0 saturated heterocycles. The number of amides is 1. The molecule has 1 aliphatic rings. The Bertz CT molecular complexity index is 1090. The van der Waals surface area contributed by atoms with Gasteiger partial charge in [-0.25, -0.2) is 4.98 Å². The number of benzene rings is 2. The zero-order chi connectivity index (χ0) is 22.2. The molecule has 162 valence electrons. The van der Waals surface area contributed by atoms with Gasteiger partial charge >= 0.3 is 6.18 Å². The molecule has 1 aliphatic heterocycles. The number of nitrogens with one attached hydrogen (secondary N) is 1. The second-order valence-electron chi connectivity index (χ2n) is 7.52. The average molecular weight is 430 g/mol. The number of nitrogens with zero attached hydrogens (tertiary/aromatic N) is 3. The predicted octanol–water partition coefficient (Wildman–Crippen LogP) is 3.89. The van der Waals surface area contributed by atoms with E-state index in [1.807, 2.05) is 18.2 Å². The Kier molecular flexibility index (Phi) is 5.22. The standard InChI is InChI=1S/C22H21F3N4O2/c1-28-13-11-26-20(28)21(31,22(23,24)25)14-19(30)27-16-6-8-17(9-7-16)29-12-10-15-4-2-3-5-18(15)29/h2-9,11,13,31H,10,12,14H2,1H3,(H,27,30). The molecule has 4 rings (SSSR count). The van der Waals surface area contributed by atoms with Crippen LogP contribution < -0.4 is 10.2 Å². The number of aromatic nitrogens is 2. The van der Waals surface area contributed by atoms with Gasteiger partial charge in [0.2, 0.25) is 11.5 Å². The van der Waals surface area contributed by atoms with Crippen molar-refractivity contribution in [3.63, 3.8) is 0 Å². The summed E-state index contributed by atoms with van der Waals surface area (Å²) in [5.74, 6) is -1.61. The lowest BCUT2D eigenvalue weighted by molar-refractivity contribution is -0.270. The zero-order valence-corrected chi connectivity index (χ0v) is 16.7. The van der Waals surface area contributed by atoms with E-state index in [1.165, 1.54) is 18.8 Å². The number of aliphatic hydroxyl groups is 1. The van der Waals surface area contributed by atoms with Crippen LogP contribution in [-0.2, 0) is 23.9 Å². The number of imidazole rings is 1. The third-order valence-electron chi connectivity index (χ3n) is 5.43. The van der Waals surface area contributed by atoms with E-state index in [4.69, 9.17) is 0 Å². The number of carbonyl (C=O) groups is 1. The average Bonchev–Trinajstić information content (AvgIpc) is 3.34. The molecule has 0 fully saturated rings. The quantitative estimate of drug-likeness (QED) is 0.644. The fourth-order valence-corrected chi connectivity index (χ4v) is 3.84. The number of alkyl halides is 3. The second-order valence-corrected chi connectivity index (χ2v) is 7.52. The molecule has 0 radical (unpaired) electrons. The summed E-state index contributed by atoms with van der Waals surface area (Å²) in [6.07, 6.45) is -2.94. The van der Waals surface area contributed by atoms with E-state index in [-0.39, 0.29) is 0 Å². The van der Waals surface area contributed by atoms with E-state index in [0.717, 1.165) is 35.1 Å². The van der Waals surface area contributed by atoms with Gasteiger partial charge in [-0.2, -0.15) is 13.2 Å². The van der Waals surface area contributed by atoms with Crippen LogP contribution in [0, 0.1) is 0 Å². The van der Waals surface area contributed by atoms with Crippen molar-refractivity contribution in [2.24, 2.45) is 7.05 Å². The molecule has 0 aliphatic carbocycles. The maximum atomic E-state index is 13.6. The van der Waals surface area contributed by atoms with Crippen LogP contribution in [0.5, 0.6) is 0 Å². The summed E-state index contributed by atoms with van der Waals surface area (Å²) in [5, 5.41) is 12.8. The van der Waals surface area contributed by atoms with Crippen LogP contribution in [0.1, 0.15) is 17.8 Å². The lowest BCUT2D eigenvalue weighted by Crippen LogP contribution is -2.46. The highest BCUT2D eigenvalue weighted by atomic mass is 19.4. The van der Waals surface area contributed by atoms with Crippen molar-refractivity contribution in [1.29, 1.82) is 0 Å². The van der Waals surface area contributed by atoms with Gasteiger partial charge < -0.3 is 19.9 Å². The number of rotatable bonds is 5. The minimum atomic E-state index is -5.07. The van der Waals surface area contributed by atoms with E-state index >= 15 is 0 Å². The van der Waals surface area contributed by atoms with E-state index < -0.39 is 29.9 Å². The number of hydrogen-bond donors (Lipinski definition) is 2. The van der Waals surface area contributed by atoms with E-state index in [0.29, 0.717) is 5.69 Å². The number of para-hydroxylation sites is 1. The SMILES string of the molecule is Cn1ccnc1C(O)(CC(=O)Nc1ccc(N2CCc3ccccc32)cc1)C(F)(F)F. The molecule has 1 aromatic heterocycles. The topological polar surface area (TPSA) is 70.4 Å². The highest BCUT2D eigenvalue weighted by molar-refractivity contribution is 5.91. The van der Waals surface area contributed by atoms with Gasteiger partial charge in [-0.3, -0.25) is 4.79 Å². The zero-order valence-electron chi connectivity index (χ0n) is 16.7. The van der Waals surface area contributed by atoms with Crippen LogP contribution in [0.15, 0.2) is 60.9 Å². The van der Waals surface area contributed by atoms with Crippen LogP contribution in [0.3, 0.4) is 0 Å². The van der Waals surface area contributed by atoms with Crippen molar-refractivity contribution in [1.82, 2.24) is 9.55 Å². The lowest BCUT2D eigenvalue weighted by Gasteiger charge is -2.29. The van der Waals surface area contributed by atoms with Gasteiger partial charge in [0.25, 0.3) is 0 Å². The largest absolute Gasteiger partial charge is 0.425 e. The first-order chi connectivity index (χ1) is 14.7. The van der Waals surface area contributed by atoms with Crippen molar-refractivity contribution < 1.29 is 23.1 Å². The van der Waals surface area contributed by atoms with Gasteiger partial charge in [-0.05, 0) is 42.3 Å². The Balaban J connectivity index is 1.48. The predicted molar refractivity (Wildman–Crippen MR) is 110 cm³/mol. The molecular weight excluding hydrogens is 409 g/mol. The monoisotopic (exact) mass is 430 g/mol. The molecule has 9 heteroatoms. The van der Waals surface area contributed by atoms with Gasteiger partial charge in [0, 0.05) is 43.0 Å². The van der Waals surface area contributed by atoms with Gasteiger partial charge in [0.05, 0.1) is 6.42 Å². The normalized spacial score (nSPS) is 15.5. The summed E-state index contributed by atoms with van der Waals surface area (Å²) in [6, 6.07) is 14.9. The summed E-state index contributed by atoms with van der Waals surface area (Å²) in [5.41, 5.74) is 0.229. The Labute approximate surface area is 176 Å². The van der Waals surface area contributed by atoms with Crippen molar-refractivity contribution >= 4 is 23.0 Å². The van der Waals surface area contributed by atoms with Crippen LogP contribution >= 0.6 is 0 Å². The summed E-state index contributed by atoms with van der Waals surface area (Å²) in [4.78, 5) is 18.1. The fourth-order valence-electron chi connectivity index (χ4n) is 3.84. The third-order valence-corrected chi connectivity index (χ3v) is 5.43.